The van der Waals surface area contributed by atoms with Crippen molar-refractivity contribution in [3.63, 3.8) is 0 Å². The van der Waals surface area contributed by atoms with Crippen molar-refractivity contribution >= 4 is 17.5 Å². The highest BCUT2D eigenvalue weighted by Crippen LogP contribution is 2.15. The van der Waals surface area contributed by atoms with Crippen LogP contribution in [0.15, 0.2) is 41.0 Å². The van der Waals surface area contributed by atoms with Crippen molar-refractivity contribution in [2.45, 2.75) is 13.2 Å². The van der Waals surface area contributed by atoms with Gasteiger partial charge in [-0.05, 0) is 23.8 Å². The van der Waals surface area contributed by atoms with Gasteiger partial charge >= 0.3 is 5.91 Å². The fourth-order valence-electron chi connectivity index (χ4n) is 1.62. The zero-order valence-corrected chi connectivity index (χ0v) is 10.8. The van der Waals surface area contributed by atoms with Crippen molar-refractivity contribution < 1.29 is 13.9 Å². The van der Waals surface area contributed by atoms with Crippen LogP contribution in [0.1, 0.15) is 21.7 Å². The normalized spacial score (nSPS) is 10.4. The third-order valence-corrected chi connectivity index (χ3v) is 2.73. The van der Waals surface area contributed by atoms with Crippen molar-refractivity contribution in [3.8, 4) is 0 Å². The van der Waals surface area contributed by atoms with Gasteiger partial charge in [0, 0.05) is 10.6 Å². The Hall–Kier alpha value is -1.82. The molecule has 19 heavy (non-hydrogen) atoms. The van der Waals surface area contributed by atoms with E-state index >= 15 is 0 Å². The van der Waals surface area contributed by atoms with Crippen LogP contribution in [0.4, 0.5) is 0 Å². The van der Waals surface area contributed by atoms with Crippen molar-refractivity contribution in [2.75, 3.05) is 0 Å². The maximum atomic E-state index is 11.4. The van der Waals surface area contributed by atoms with Crippen molar-refractivity contribution in [2.24, 2.45) is 5.84 Å². The molecule has 0 radical (unpaired) electrons. The van der Waals surface area contributed by atoms with E-state index in [1.165, 1.54) is 6.26 Å². The molecular weight excluding hydrogens is 268 g/mol. The summed E-state index contributed by atoms with van der Waals surface area (Å²) in [5.41, 5.74) is 3.62. The quantitative estimate of drug-likeness (QED) is 0.500. The Morgan fingerprint density at radius 1 is 1.37 bits per heavy atom. The average molecular weight is 281 g/mol. The molecule has 0 spiro atoms. The predicted molar refractivity (Wildman–Crippen MR) is 70.3 cm³/mol. The number of ether oxygens (including phenoxy) is 1. The monoisotopic (exact) mass is 280 g/mol. The number of hydrazine groups is 1. The number of nitrogens with two attached hydrogens (primary N) is 1. The van der Waals surface area contributed by atoms with E-state index in [-0.39, 0.29) is 12.4 Å². The number of furan rings is 1. The van der Waals surface area contributed by atoms with Crippen LogP contribution in [-0.2, 0) is 18.0 Å². The first-order valence-electron chi connectivity index (χ1n) is 5.60. The highest BCUT2D eigenvalue weighted by molar-refractivity contribution is 6.30. The summed E-state index contributed by atoms with van der Waals surface area (Å²) in [6.07, 6.45) is 1.42. The van der Waals surface area contributed by atoms with E-state index in [0.29, 0.717) is 17.2 Å². The lowest BCUT2D eigenvalue weighted by atomic mass is 10.2. The number of nitrogen functional groups attached to an aromatic ring is 1. The molecule has 2 rings (SSSR count). The molecule has 1 aromatic heterocycles. The van der Waals surface area contributed by atoms with Crippen LogP contribution >= 0.6 is 11.6 Å². The van der Waals surface area contributed by atoms with Crippen LogP contribution in [0, 0.1) is 0 Å². The SMILES string of the molecule is NNC(=O)c1occc1COCc1cccc(Cl)c1. The molecule has 0 saturated heterocycles. The summed E-state index contributed by atoms with van der Waals surface area (Å²) in [4.78, 5) is 11.4. The Labute approximate surface area is 115 Å². The summed E-state index contributed by atoms with van der Waals surface area (Å²) in [6.45, 7) is 0.654. The van der Waals surface area contributed by atoms with E-state index in [0.717, 1.165) is 5.56 Å². The van der Waals surface area contributed by atoms with E-state index in [1.807, 2.05) is 23.6 Å². The molecule has 1 heterocycles. The minimum atomic E-state index is -0.480. The Balaban J connectivity index is 1.93. The molecule has 1 amide bonds. The largest absolute Gasteiger partial charge is 0.459 e. The molecule has 0 saturated carbocycles. The summed E-state index contributed by atoms with van der Waals surface area (Å²) in [5.74, 6) is 4.73. The van der Waals surface area contributed by atoms with Gasteiger partial charge in [0.2, 0.25) is 0 Å². The molecule has 100 valence electrons. The molecule has 0 bridgehead atoms. The number of carbonyl (C=O) groups excluding carboxylic acids is 1. The molecule has 0 aliphatic rings. The summed E-state index contributed by atoms with van der Waals surface area (Å²) in [5, 5.41) is 0.660. The standard InChI is InChI=1S/C13H13ClN2O3/c14-11-3-1-2-9(6-11)7-18-8-10-4-5-19-12(10)13(17)16-15/h1-6H,7-8,15H2,(H,16,17). The highest BCUT2D eigenvalue weighted by Gasteiger charge is 2.13. The number of halogens is 1. The molecule has 0 fully saturated rings. The maximum absolute atomic E-state index is 11.4. The van der Waals surface area contributed by atoms with Gasteiger partial charge in [-0.2, -0.15) is 0 Å². The Kier molecular flexibility index (Phi) is 4.57. The number of hydrogen-bond acceptors (Lipinski definition) is 4. The fraction of sp³-hybridized carbons (Fsp3) is 0.154. The lowest BCUT2D eigenvalue weighted by molar-refractivity contribution is 0.0895. The second kappa shape index (κ2) is 6.38. The van der Waals surface area contributed by atoms with Crippen LogP contribution < -0.4 is 11.3 Å². The minimum Gasteiger partial charge on any atom is -0.459 e. The van der Waals surface area contributed by atoms with Gasteiger partial charge in [-0.25, -0.2) is 5.84 Å². The van der Waals surface area contributed by atoms with E-state index in [2.05, 4.69) is 0 Å². The van der Waals surface area contributed by atoms with Gasteiger partial charge in [0.05, 0.1) is 19.5 Å². The first-order chi connectivity index (χ1) is 9.20. The van der Waals surface area contributed by atoms with E-state index < -0.39 is 5.91 Å². The van der Waals surface area contributed by atoms with Crippen LogP contribution in [0.2, 0.25) is 5.02 Å². The summed E-state index contributed by atoms with van der Waals surface area (Å²) in [7, 11) is 0. The van der Waals surface area contributed by atoms with E-state index in [4.69, 9.17) is 26.6 Å². The summed E-state index contributed by atoms with van der Waals surface area (Å²) >= 11 is 5.87. The van der Waals surface area contributed by atoms with E-state index in [9.17, 15) is 4.79 Å². The molecule has 2 aromatic rings. The van der Waals surface area contributed by atoms with Crippen molar-refractivity contribution in [3.05, 3.63) is 58.5 Å². The molecule has 0 aliphatic heterocycles. The number of hydrogen-bond donors (Lipinski definition) is 2. The topological polar surface area (TPSA) is 77.5 Å². The summed E-state index contributed by atoms with van der Waals surface area (Å²) < 4.78 is 10.6. The molecule has 6 heteroatoms. The second-order valence-corrected chi connectivity index (χ2v) is 4.31. The fourth-order valence-corrected chi connectivity index (χ4v) is 1.83. The van der Waals surface area contributed by atoms with Crippen molar-refractivity contribution in [1.82, 2.24) is 5.43 Å². The van der Waals surface area contributed by atoms with Crippen LogP contribution in [0.25, 0.3) is 0 Å². The smallest absolute Gasteiger partial charge is 0.301 e. The first-order valence-corrected chi connectivity index (χ1v) is 5.98. The van der Waals surface area contributed by atoms with E-state index in [1.54, 1.807) is 12.1 Å². The van der Waals surface area contributed by atoms with Gasteiger partial charge < -0.3 is 9.15 Å². The van der Waals surface area contributed by atoms with Crippen molar-refractivity contribution in [1.29, 1.82) is 0 Å². The zero-order valence-electron chi connectivity index (χ0n) is 10.1. The number of amides is 1. The van der Waals surface area contributed by atoms with Gasteiger partial charge in [-0.3, -0.25) is 10.2 Å². The third-order valence-electron chi connectivity index (χ3n) is 2.50. The van der Waals surface area contributed by atoms with Crippen LogP contribution in [0.3, 0.4) is 0 Å². The molecule has 0 unspecified atom stereocenters. The minimum absolute atomic E-state index is 0.161. The Morgan fingerprint density at radius 2 is 2.21 bits per heavy atom. The average Bonchev–Trinajstić information content (AvgIpc) is 2.86. The number of nitrogens with one attached hydrogen (secondary N) is 1. The number of benzene rings is 1. The maximum Gasteiger partial charge on any atom is 0.301 e. The van der Waals surface area contributed by atoms with Gasteiger partial charge in [0.25, 0.3) is 0 Å². The molecule has 1 aromatic carbocycles. The predicted octanol–water partition coefficient (Wildman–Crippen LogP) is 2.25. The van der Waals surface area contributed by atoms with Gasteiger partial charge in [0.1, 0.15) is 0 Å². The van der Waals surface area contributed by atoms with Gasteiger partial charge in [-0.15, -0.1) is 0 Å². The van der Waals surface area contributed by atoms with Crippen LogP contribution in [-0.4, -0.2) is 5.91 Å². The molecular formula is C13H13ClN2O3. The molecule has 0 aliphatic carbocycles. The lowest BCUT2D eigenvalue weighted by Crippen LogP contribution is -2.30. The second-order valence-electron chi connectivity index (χ2n) is 3.87. The first kappa shape index (κ1) is 13.6. The lowest BCUT2D eigenvalue weighted by Gasteiger charge is -2.05. The van der Waals surface area contributed by atoms with Gasteiger partial charge in [-0.1, -0.05) is 23.7 Å². The molecule has 5 nitrogen and oxygen atoms in total. The summed E-state index contributed by atoms with van der Waals surface area (Å²) in [6, 6.07) is 9.05. The number of carbonyl (C=O) groups is 1. The highest BCUT2D eigenvalue weighted by atomic mass is 35.5. The molecule has 0 atom stereocenters. The Morgan fingerprint density at radius 3 is 2.95 bits per heavy atom. The Bertz CT molecular complexity index is 569. The van der Waals surface area contributed by atoms with Gasteiger partial charge in [0.15, 0.2) is 5.76 Å². The zero-order chi connectivity index (χ0) is 13.7. The number of rotatable bonds is 5. The third kappa shape index (κ3) is 3.57. The van der Waals surface area contributed by atoms with Crippen LogP contribution in [0.5, 0.6) is 0 Å². The molecule has 3 N–H and O–H groups in total.